The van der Waals surface area contributed by atoms with Crippen molar-refractivity contribution in [2.45, 2.75) is 0 Å². The predicted molar refractivity (Wildman–Crippen MR) is 111 cm³/mol. The smallest absolute Gasteiger partial charge is 0.132 e. The van der Waals surface area contributed by atoms with Crippen molar-refractivity contribution in [2.75, 3.05) is 33.4 Å². The van der Waals surface area contributed by atoms with Crippen LogP contribution in [-0.4, -0.2) is 39.2 Å². The summed E-state index contributed by atoms with van der Waals surface area (Å²) in [5.74, 6) is 1.71. The van der Waals surface area contributed by atoms with Gasteiger partial charge in [-0.1, -0.05) is 35.9 Å². The third-order valence-corrected chi connectivity index (χ3v) is 4.81. The van der Waals surface area contributed by atoms with Gasteiger partial charge in [-0.3, -0.25) is 4.99 Å². The van der Waals surface area contributed by atoms with E-state index in [0.717, 1.165) is 57.2 Å². The lowest BCUT2D eigenvalue weighted by Crippen LogP contribution is -2.20. The number of nitrogens with one attached hydrogen (secondary N) is 1. The number of aliphatic imine (C=N–C) groups is 1. The molecular weight excluding hydrogens is 360 g/mol. The average Bonchev–Trinajstić information content (AvgIpc) is 3.22. The lowest BCUT2D eigenvalue weighted by atomic mass is 9.99. The molecule has 0 aliphatic carbocycles. The largest absolute Gasteiger partial charge is 0.490 e. The SMILES string of the molecule is COCCOc1cc2ccc(-c3cccc(Cl)c3)cc2cc1C1=NCCN1. The van der Waals surface area contributed by atoms with Crippen LogP contribution in [-0.2, 0) is 4.74 Å². The molecule has 0 bridgehead atoms. The Morgan fingerprint density at radius 3 is 2.67 bits per heavy atom. The molecule has 0 amide bonds. The van der Waals surface area contributed by atoms with Crippen molar-refractivity contribution in [3.63, 3.8) is 0 Å². The Morgan fingerprint density at radius 2 is 1.89 bits per heavy atom. The van der Waals surface area contributed by atoms with Crippen LogP contribution in [0.15, 0.2) is 59.6 Å². The van der Waals surface area contributed by atoms with Gasteiger partial charge in [-0.2, -0.15) is 0 Å². The number of hydrogen-bond acceptors (Lipinski definition) is 4. The molecule has 1 aliphatic rings. The Balaban J connectivity index is 1.78. The van der Waals surface area contributed by atoms with E-state index >= 15 is 0 Å². The Hall–Kier alpha value is -2.56. The molecule has 0 saturated carbocycles. The summed E-state index contributed by atoms with van der Waals surface area (Å²) in [6, 6.07) is 18.5. The van der Waals surface area contributed by atoms with Gasteiger partial charge in [0.2, 0.25) is 0 Å². The number of fused-ring (bicyclic) bond motifs is 1. The fourth-order valence-electron chi connectivity index (χ4n) is 3.24. The first-order chi connectivity index (χ1) is 13.2. The van der Waals surface area contributed by atoms with Crippen molar-refractivity contribution in [3.05, 3.63) is 65.2 Å². The Morgan fingerprint density at radius 1 is 1.00 bits per heavy atom. The molecule has 3 aromatic carbocycles. The highest BCUT2D eigenvalue weighted by Crippen LogP contribution is 2.31. The summed E-state index contributed by atoms with van der Waals surface area (Å²) >= 11 is 6.15. The number of halogens is 1. The Labute approximate surface area is 163 Å². The van der Waals surface area contributed by atoms with Crippen LogP contribution in [0.3, 0.4) is 0 Å². The van der Waals surface area contributed by atoms with Gasteiger partial charge >= 0.3 is 0 Å². The molecular formula is C22H21ClN2O2. The molecule has 0 unspecified atom stereocenters. The van der Waals surface area contributed by atoms with Gasteiger partial charge in [0.1, 0.15) is 18.2 Å². The number of benzene rings is 3. The van der Waals surface area contributed by atoms with Crippen molar-refractivity contribution >= 4 is 28.2 Å². The van der Waals surface area contributed by atoms with Crippen molar-refractivity contribution in [1.29, 1.82) is 0 Å². The summed E-state index contributed by atoms with van der Waals surface area (Å²) in [5.41, 5.74) is 3.22. The minimum Gasteiger partial charge on any atom is -0.490 e. The van der Waals surface area contributed by atoms with Gasteiger partial charge in [0, 0.05) is 18.7 Å². The zero-order chi connectivity index (χ0) is 18.6. The van der Waals surface area contributed by atoms with Gasteiger partial charge in [0.05, 0.1) is 18.7 Å². The fraction of sp³-hybridized carbons (Fsp3) is 0.227. The summed E-state index contributed by atoms with van der Waals surface area (Å²) in [7, 11) is 1.67. The van der Waals surface area contributed by atoms with Gasteiger partial charge in [-0.25, -0.2) is 0 Å². The zero-order valence-electron chi connectivity index (χ0n) is 15.2. The number of ether oxygens (including phenoxy) is 2. The predicted octanol–water partition coefficient (Wildman–Crippen LogP) is 4.54. The monoisotopic (exact) mass is 380 g/mol. The molecule has 1 N–H and O–H groups in total. The van der Waals surface area contributed by atoms with E-state index in [-0.39, 0.29) is 0 Å². The minimum atomic E-state index is 0.503. The van der Waals surface area contributed by atoms with Crippen molar-refractivity contribution in [1.82, 2.24) is 5.32 Å². The lowest BCUT2D eigenvalue weighted by molar-refractivity contribution is 0.146. The number of rotatable bonds is 6. The van der Waals surface area contributed by atoms with Crippen LogP contribution < -0.4 is 10.1 Å². The van der Waals surface area contributed by atoms with E-state index in [2.05, 4.69) is 46.7 Å². The van der Waals surface area contributed by atoms with Crippen LogP contribution in [0.1, 0.15) is 5.56 Å². The highest BCUT2D eigenvalue weighted by Gasteiger charge is 2.15. The van der Waals surface area contributed by atoms with Gasteiger partial charge < -0.3 is 14.8 Å². The van der Waals surface area contributed by atoms with Gasteiger partial charge in [0.15, 0.2) is 0 Å². The molecule has 4 rings (SSSR count). The molecule has 0 aromatic heterocycles. The molecule has 0 saturated heterocycles. The van der Waals surface area contributed by atoms with E-state index in [0.29, 0.717) is 13.2 Å². The van der Waals surface area contributed by atoms with E-state index in [1.807, 2.05) is 18.2 Å². The molecule has 138 valence electrons. The molecule has 0 radical (unpaired) electrons. The second kappa shape index (κ2) is 7.99. The van der Waals surface area contributed by atoms with Gasteiger partial charge in [0.25, 0.3) is 0 Å². The second-order valence-electron chi connectivity index (χ2n) is 6.42. The molecule has 0 atom stereocenters. The van der Waals surface area contributed by atoms with E-state index in [1.54, 1.807) is 7.11 Å². The van der Waals surface area contributed by atoms with Crippen molar-refractivity contribution in [2.24, 2.45) is 4.99 Å². The number of methoxy groups -OCH3 is 1. The summed E-state index contributed by atoms with van der Waals surface area (Å²) in [4.78, 5) is 4.57. The van der Waals surface area contributed by atoms with Gasteiger partial charge in [-0.15, -0.1) is 0 Å². The first-order valence-electron chi connectivity index (χ1n) is 8.99. The van der Waals surface area contributed by atoms with Crippen LogP contribution in [0.5, 0.6) is 5.75 Å². The first kappa shape index (κ1) is 17.8. The van der Waals surface area contributed by atoms with E-state index in [1.165, 1.54) is 0 Å². The number of nitrogens with zero attached hydrogens (tertiary/aromatic N) is 1. The molecule has 5 heteroatoms. The summed E-state index contributed by atoms with van der Waals surface area (Å²) in [5, 5.41) is 6.34. The minimum absolute atomic E-state index is 0.503. The maximum atomic E-state index is 6.15. The lowest BCUT2D eigenvalue weighted by Gasteiger charge is -2.14. The molecule has 3 aromatic rings. The van der Waals surface area contributed by atoms with Crippen LogP contribution in [0, 0.1) is 0 Å². The summed E-state index contributed by atoms with van der Waals surface area (Å²) < 4.78 is 11.1. The molecule has 4 nitrogen and oxygen atoms in total. The first-order valence-corrected chi connectivity index (χ1v) is 9.36. The third kappa shape index (κ3) is 3.92. The van der Waals surface area contributed by atoms with Crippen LogP contribution in [0.25, 0.3) is 21.9 Å². The maximum Gasteiger partial charge on any atom is 0.132 e. The highest BCUT2D eigenvalue weighted by molar-refractivity contribution is 6.30. The maximum absolute atomic E-state index is 6.15. The number of hydrogen-bond donors (Lipinski definition) is 1. The normalized spacial score (nSPS) is 13.5. The average molecular weight is 381 g/mol. The zero-order valence-corrected chi connectivity index (χ0v) is 15.9. The molecule has 0 fully saturated rings. The molecule has 0 spiro atoms. The molecule has 27 heavy (non-hydrogen) atoms. The third-order valence-electron chi connectivity index (χ3n) is 4.57. The van der Waals surface area contributed by atoms with E-state index in [4.69, 9.17) is 21.1 Å². The fourth-order valence-corrected chi connectivity index (χ4v) is 3.43. The van der Waals surface area contributed by atoms with Crippen LogP contribution in [0.4, 0.5) is 0 Å². The van der Waals surface area contributed by atoms with Crippen LogP contribution >= 0.6 is 11.6 Å². The van der Waals surface area contributed by atoms with E-state index in [9.17, 15) is 0 Å². The van der Waals surface area contributed by atoms with E-state index < -0.39 is 0 Å². The van der Waals surface area contributed by atoms with Crippen LogP contribution in [0.2, 0.25) is 5.02 Å². The Bertz CT molecular complexity index is 1000. The van der Waals surface area contributed by atoms with Gasteiger partial charge in [-0.05, 0) is 52.2 Å². The topological polar surface area (TPSA) is 42.9 Å². The quantitative estimate of drug-likeness (QED) is 0.638. The standard InChI is InChI=1S/C22H21ClN2O2/c1-26-9-10-27-21-14-17-6-5-16(15-3-2-4-19(23)12-15)11-18(17)13-20(21)22-24-7-8-25-22/h2-6,11-14H,7-10H2,1H3,(H,24,25). The Kier molecular flexibility index (Phi) is 5.28. The molecule has 1 aliphatic heterocycles. The number of amidine groups is 1. The second-order valence-corrected chi connectivity index (χ2v) is 6.86. The summed E-state index contributed by atoms with van der Waals surface area (Å²) in [6.45, 7) is 2.69. The van der Waals surface area contributed by atoms with Crippen molar-refractivity contribution < 1.29 is 9.47 Å². The molecule has 1 heterocycles. The van der Waals surface area contributed by atoms with Crippen molar-refractivity contribution in [3.8, 4) is 16.9 Å². The highest BCUT2D eigenvalue weighted by atomic mass is 35.5. The summed E-state index contributed by atoms with van der Waals surface area (Å²) in [6.07, 6.45) is 0.